The number of methoxy groups -OCH3 is 1. The summed E-state index contributed by atoms with van der Waals surface area (Å²) in [5, 5.41) is 25.5. The van der Waals surface area contributed by atoms with Gasteiger partial charge in [0.1, 0.15) is 23.7 Å². The Kier molecular flexibility index (Phi) is 6.11. The zero-order valence-electron chi connectivity index (χ0n) is 16.3. The van der Waals surface area contributed by atoms with E-state index in [2.05, 4.69) is 15.1 Å². The van der Waals surface area contributed by atoms with Crippen molar-refractivity contribution in [1.82, 2.24) is 19.7 Å². The highest BCUT2D eigenvalue weighted by Crippen LogP contribution is 2.35. The summed E-state index contributed by atoms with van der Waals surface area (Å²) in [6.07, 6.45) is -0.568. The maximum atomic E-state index is 14.1. The quantitative estimate of drug-likeness (QED) is 0.429. The number of anilines is 2. The van der Waals surface area contributed by atoms with E-state index in [9.17, 15) is 14.3 Å². The maximum Gasteiger partial charge on any atom is 0.410 e. The first kappa shape index (κ1) is 21.0. The average Bonchev–Trinajstić information content (AvgIpc) is 3.13. The minimum atomic E-state index is -1.33. The van der Waals surface area contributed by atoms with Crippen molar-refractivity contribution < 1.29 is 24.1 Å². The highest BCUT2D eigenvalue weighted by atomic mass is 19.1. The third-order valence-corrected chi connectivity index (χ3v) is 4.35. The molecule has 0 fully saturated rings. The monoisotopic (exact) mass is 416 g/mol. The molecule has 30 heavy (non-hydrogen) atoms. The number of halogens is 1. The number of aliphatic hydroxyl groups excluding tert-OH is 1. The number of carboxylic acid groups (broad SMARTS) is 1. The van der Waals surface area contributed by atoms with Gasteiger partial charge in [-0.25, -0.2) is 19.2 Å². The van der Waals surface area contributed by atoms with E-state index in [0.717, 1.165) is 11.6 Å². The number of amides is 1. The van der Waals surface area contributed by atoms with Gasteiger partial charge in [-0.2, -0.15) is 5.10 Å². The van der Waals surface area contributed by atoms with Gasteiger partial charge in [-0.1, -0.05) is 0 Å². The van der Waals surface area contributed by atoms with Crippen LogP contribution in [0.5, 0.6) is 5.75 Å². The molecule has 0 bridgehead atoms. The van der Waals surface area contributed by atoms with Gasteiger partial charge < -0.3 is 20.7 Å². The van der Waals surface area contributed by atoms with E-state index in [4.69, 9.17) is 15.6 Å². The van der Waals surface area contributed by atoms with Gasteiger partial charge in [-0.05, 0) is 42.7 Å². The van der Waals surface area contributed by atoms with Crippen LogP contribution in [0.3, 0.4) is 0 Å². The van der Waals surface area contributed by atoms with Crippen LogP contribution in [0.1, 0.15) is 23.8 Å². The molecule has 2 aromatic heterocycles. The molecule has 0 saturated heterocycles. The Hall–Kier alpha value is -3.73. The van der Waals surface area contributed by atoms with E-state index in [1.165, 1.54) is 13.2 Å². The highest BCUT2D eigenvalue weighted by molar-refractivity contribution is 5.81. The van der Waals surface area contributed by atoms with Crippen LogP contribution in [0, 0.1) is 5.82 Å². The lowest BCUT2D eigenvalue weighted by Gasteiger charge is -2.15. The maximum absolute atomic E-state index is 14.1. The van der Waals surface area contributed by atoms with Crippen LogP contribution < -0.4 is 15.8 Å². The number of nitrogens with zero attached hydrogens (tertiary/aromatic N) is 4. The Morgan fingerprint density at radius 1 is 1.40 bits per heavy atom. The number of nitrogen functional groups attached to an aromatic ring is 1. The number of nitrogens with one attached hydrogen (secondary N) is 1. The van der Waals surface area contributed by atoms with Crippen molar-refractivity contribution in [2.45, 2.75) is 18.9 Å². The predicted molar refractivity (Wildman–Crippen MR) is 107 cm³/mol. The molecule has 2 heterocycles. The molecular formula is C19H21FN6O4. The van der Waals surface area contributed by atoms with E-state index >= 15 is 0 Å². The Bertz CT molecular complexity index is 1070. The number of aryl methyl sites for hydroxylation is 2. The van der Waals surface area contributed by atoms with Crippen molar-refractivity contribution in [2.75, 3.05) is 18.2 Å². The molecule has 3 rings (SSSR count). The molecule has 0 aliphatic heterocycles. The molecule has 5 N–H and O–H groups in total. The number of nitrogens with two attached hydrogens (primary N) is 1. The highest BCUT2D eigenvalue weighted by Gasteiger charge is 2.19. The molecule has 11 heteroatoms. The van der Waals surface area contributed by atoms with Crippen LogP contribution in [0.15, 0.2) is 30.6 Å². The van der Waals surface area contributed by atoms with Crippen molar-refractivity contribution in [1.29, 1.82) is 0 Å². The van der Waals surface area contributed by atoms with Gasteiger partial charge in [0.05, 0.1) is 24.5 Å². The smallest absolute Gasteiger partial charge is 0.410 e. The Morgan fingerprint density at radius 2 is 2.17 bits per heavy atom. The molecule has 0 aliphatic rings. The van der Waals surface area contributed by atoms with Gasteiger partial charge >= 0.3 is 6.09 Å². The Labute approximate surface area is 171 Å². The molecule has 0 aliphatic carbocycles. The lowest BCUT2D eigenvalue weighted by molar-refractivity contribution is 0.158. The van der Waals surface area contributed by atoms with E-state index in [-0.39, 0.29) is 17.9 Å². The number of pyridine rings is 1. The van der Waals surface area contributed by atoms with Crippen molar-refractivity contribution in [2.24, 2.45) is 7.05 Å². The number of benzene rings is 1. The second-order valence-corrected chi connectivity index (χ2v) is 6.56. The van der Waals surface area contributed by atoms with Crippen LogP contribution >= 0.6 is 0 Å². The second kappa shape index (κ2) is 8.74. The number of hydrogen-bond donors (Lipinski definition) is 4. The first-order valence-electron chi connectivity index (χ1n) is 8.95. The molecule has 3 aromatic rings. The van der Waals surface area contributed by atoms with Gasteiger partial charge in [-0.15, -0.1) is 0 Å². The normalized spacial score (nSPS) is 11.9. The third kappa shape index (κ3) is 4.63. The molecule has 158 valence electrons. The fourth-order valence-electron chi connectivity index (χ4n) is 3.03. The summed E-state index contributed by atoms with van der Waals surface area (Å²) in [5.41, 5.74) is 7.59. The standard InChI is InChI=1S/C19H21FN6O4/c1-26-9-22-18(25-26)11-7-10(8-13(21)17(11)30-2)3-5-14(27)16-12(20)4-6-15(23-16)24-19(28)29/h4,6-9,14,27H,3,5,21H2,1-2H3,(H,23,24)(H,28,29). The van der Waals surface area contributed by atoms with Crippen molar-refractivity contribution >= 4 is 17.6 Å². The fourth-order valence-corrected chi connectivity index (χ4v) is 3.03. The Balaban J connectivity index is 1.82. The summed E-state index contributed by atoms with van der Waals surface area (Å²) in [7, 11) is 3.23. The van der Waals surface area contributed by atoms with E-state index in [1.54, 1.807) is 30.2 Å². The number of hydrogen-bond acceptors (Lipinski definition) is 7. The van der Waals surface area contributed by atoms with Crippen LogP contribution in [-0.4, -0.2) is 43.2 Å². The van der Waals surface area contributed by atoms with Gasteiger partial charge in [0.15, 0.2) is 11.6 Å². The van der Waals surface area contributed by atoms with Crippen LogP contribution in [-0.2, 0) is 13.5 Å². The molecule has 0 radical (unpaired) electrons. The summed E-state index contributed by atoms with van der Waals surface area (Å²) >= 11 is 0. The van der Waals surface area contributed by atoms with E-state index in [0.29, 0.717) is 29.2 Å². The molecule has 1 aromatic carbocycles. The number of ether oxygens (including phenoxy) is 1. The lowest BCUT2D eigenvalue weighted by Crippen LogP contribution is -2.12. The van der Waals surface area contributed by atoms with Gasteiger partial charge in [0.25, 0.3) is 0 Å². The van der Waals surface area contributed by atoms with Crippen molar-refractivity contribution in [3.63, 3.8) is 0 Å². The summed E-state index contributed by atoms with van der Waals surface area (Å²) in [6.45, 7) is 0. The van der Waals surface area contributed by atoms with Crippen molar-refractivity contribution in [3.05, 3.63) is 47.7 Å². The number of rotatable bonds is 7. The molecular weight excluding hydrogens is 395 g/mol. The molecule has 1 amide bonds. The lowest BCUT2D eigenvalue weighted by atomic mass is 10.0. The minimum Gasteiger partial charge on any atom is -0.494 e. The summed E-state index contributed by atoms with van der Waals surface area (Å²) in [6, 6.07) is 5.72. The average molecular weight is 416 g/mol. The molecule has 1 unspecified atom stereocenters. The Morgan fingerprint density at radius 3 is 2.80 bits per heavy atom. The molecule has 10 nitrogen and oxygen atoms in total. The number of aliphatic hydroxyl groups is 1. The zero-order valence-corrected chi connectivity index (χ0v) is 16.3. The topological polar surface area (TPSA) is 148 Å². The third-order valence-electron chi connectivity index (χ3n) is 4.35. The van der Waals surface area contributed by atoms with Crippen LogP contribution in [0.25, 0.3) is 11.4 Å². The molecule has 0 saturated carbocycles. The SMILES string of the molecule is COc1c(N)cc(CCC(O)c2nc(NC(=O)O)ccc2F)cc1-c1ncn(C)n1. The number of carbonyl (C=O) groups is 1. The fraction of sp³-hybridized carbons (Fsp3) is 0.263. The summed E-state index contributed by atoms with van der Waals surface area (Å²) in [4.78, 5) is 18.8. The molecule has 1 atom stereocenters. The first-order valence-corrected chi connectivity index (χ1v) is 8.95. The largest absolute Gasteiger partial charge is 0.494 e. The van der Waals surface area contributed by atoms with Crippen LogP contribution in [0.2, 0.25) is 0 Å². The predicted octanol–water partition coefficient (Wildman–Crippen LogP) is 2.36. The summed E-state index contributed by atoms with van der Waals surface area (Å²) < 4.78 is 21.0. The molecule has 0 spiro atoms. The summed E-state index contributed by atoms with van der Waals surface area (Å²) in [5.74, 6) is 0.0653. The minimum absolute atomic E-state index is 0.0739. The zero-order chi connectivity index (χ0) is 21.8. The van der Waals surface area contributed by atoms with Crippen molar-refractivity contribution in [3.8, 4) is 17.1 Å². The van der Waals surface area contributed by atoms with Crippen LogP contribution in [0.4, 0.5) is 20.7 Å². The van der Waals surface area contributed by atoms with Gasteiger partial charge in [0, 0.05) is 7.05 Å². The van der Waals surface area contributed by atoms with Gasteiger partial charge in [0.2, 0.25) is 0 Å². The second-order valence-electron chi connectivity index (χ2n) is 6.56. The number of aromatic nitrogens is 4. The van der Waals surface area contributed by atoms with Gasteiger partial charge in [-0.3, -0.25) is 10.00 Å². The first-order chi connectivity index (χ1) is 14.3. The van der Waals surface area contributed by atoms with E-state index in [1.807, 2.05) is 5.32 Å². The van der Waals surface area contributed by atoms with E-state index < -0.39 is 18.0 Å².